The zero-order valence-corrected chi connectivity index (χ0v) is 19.9. The number of imidazole rings is 1. The van der Waals surface area contributed by atoms with E-state index in [1.54, 1.807) is 24.5 Å². The first-order valence-electron chi connectivity index (χ1n) is 11.5. The Morgan fingerprint density at radius 1 is 1.08 bits per heavy atom. The lowest BCUT2D eigenvalue weighted by atomic mass is 10.1. The summed E-state index contributed by atoms with van der Waals surface area (Å²) in [6.45, 7) is 1.41. The van der Waals surface area contributed by atoms with Gasteiger partial charge in [-0.05, 0) is 55.3 Å². The number of hydrogen-bond acceptors (Lipinski definition) is 9. The SMILES string of the molecule is N#Cc1nc2cc(C(=O)NC3CCN(n4c(-c5cccnc5N)nc5cccnc54)CC3)ccc2s1. The number of carbonyl (C=O) groups is 1. The minimum absolute atomic E-state index is 0.0317. The van der Waals surface area contributed by atoms with E-state index < -0.39 is 0 Å². The molecule has 5 aromatic rings. The van der Waals surface area contributed by atoms with E-state index in [0.29, 0.717) is 40.8 Å². The van der Waals surface area contributed by atoms with Crippen LogP contribution in [0.3, 0.4) is 0 Å². The standard InChI is InChI=1S/C25H21N9OS/c26-14-21-31-19-13-15(5-6-20(19)36-21)25(35)30-16-7-11-33(12-8-16)34-23(17-3-1-9-28-22(17)27)32-18-4-2-10-29-24(18)34/h1-6,9-10,13,16H,7-8,11-12H2,(H2,27,28)(H,30,35). The molecule has 1 amide bonds. The van der Waals surface area contributed by atoms with Crippen molar-refractivity contribution in [3.8, 4) is 17.5 Å². The van der Waals surface area contributed by atoms with Crippen LogP contribution in [-0.2, 0) is 0 Å². The second-order valence-electron chi connectivity index (χ2n) is 8.54. The number of benzene rings is 1. The molecule has 3 N–H and O–H groups in total. The van der Waals surface area contributed by atoms with Crippen LogP contribution < -0.4 is 16.1 Å². The Hall–Kier alpha value is -4.56. The van der Waals surface area contributed by atoms with Crippen LogP contribution in [-0.4, -0.2) is 49.7 Å². The van der Waals surface area contributed by atoms with Gasteiger partial charge in [0.05, 0.1) is 15.8 Å². The minimum Gasteiger partial charge on any atom is -0.383 e. The lowest BCUT2D eigenvalue weighted by molar-refractivity contribution is 0.0930. The van der Waals surface area contributed by atoms with Crippen molar-refractivity contribution in [1.82, 2.24) is 29.9 Å². The number of rotatable bonds is 4. The number of nitrogens with one attached hydrogen (secondary N) is 1. The number of aromatic nitrogens is 5. The minimum atomic E-state index is -0.138. The van der Waals surface area contributed by atoms with Crippen molar-refractivity contribution < 1.29 is 4.79 Å². The molecule has 0 spiro atoms. The molecule has 1 saturated heterocycles. The molecule has 1 fully saturated rings. The molecule has 0 atom stereocenters. The third-order valence-corrected chi connectivity index (χ3v) is 7.25. The molecule has 0 bridgehead atoms. The number of hydrogen-bond donors (Lipinski definition) is 2. The molecule has 5 heterocycles. The Bertz CT molecular complexity index is 1640. The predicted octanol–water partition coefficient (Wildman–Crippen LogP) is 3.09. The molecule has 1 aliphatic heterocycles. The molecule has 4 aromatic heterocycles. The fourth-order valence-corrected chi connectivity index (χ4v) is 5.29. The van der Waals surface area contributed by atoms with Gasteiger partial charge in [0.15, 0.2) is 16.5 Å². The number of nitrogens with two attached hydrogens (primary N) is 1. The van der Waals surface area contributed by atoms with Gasteiger partial charge in [0.2, 0.25) is 0 Å². The van der Waals surface area contributed by atoms with Crippen molar-refractivity contribution in [3.05, 3.63) is 65.4 Å². The van der Waals surface area contributed by atoms with Gasteiger partial charge in [0.25, 0.3) is 5.91 Å². The number of thiazole rings is 1. The van der Waals surface area contributed by atoms with Gasteiger partial charge >= 0.3 is 0 Å². The third kappa shape index (κ3) is 3.87. The first kappa shape index (κ1) is 21.9. The van der Waals surface area contributed by atoms with E-state index in [9.17, 15) is 4.79 Å². The first-order chi connectivity index (χ1) is 17.6. The highest BCUT2D eigenvalue weighted by molar-refractivity contribution is 7.19. The molecule has 0 saturated carbocycles. The molecule has 0 unspecified atom stereocenters. The van der Waals surface area contributed by atoms with Gasteiger partial charge in [-0.15, -0.1) is 11.3 Å². The lowest BCUT2D eigenvalue weighted by Crippen LogP contribution is -2.48. The van der Waals surface area contributed by atoms with Gasteiger partial charge < -0.3 is 16.1 Å². The van der Waals surface area contributed by atoms with E-state index in [2.05, 4.69) is 31.3 Å². The van der Waals surface area contributed by atoms with Crippen LogP contribution in [0.2, 0.25) is 0 Å². The van der Waals surface area contributed by atoms with Crippen LogP contribution in [0.4, 0.5) is 5.82 Å². The highest BCUT2D eigenvalue weighted by Crippen LogP contribution is 2.28. The van der Waals surface area contributed by atoms with E-state index in [1.165, 1.54) is 11.3 Å². The molecule has 0 radical (unpaired) electrons. The summed E-state index contributed by atoms with van der Waals surface area (Å²) >= 11 is 1.32. The summed E-state index contributed by atoms with van der Waals surface area (Å²) in [5.41, 5.74) is 9.68. The molecule has 1 aliphatic rings. The number of fused-ring (bicyclic) bond motifs is 2. The van der Waals surface area contributed by atoms with Crippen LogP contribution in [0.5, 0.6) is 0 Å². The number of nitrogens with zero attached hydrogens (tertiary/aromatic N) is 7. The molecule has 10 nitrogen and oxygen atoms in total. The average Bonchev–Trinajstić information content (AvgIpc) is 3.50. The maximum absolute atomic E-state index is 12.9. The van der Waals surface area contributed by atoms with Crippen molar-refractivity contribution in [2.75, 3.05) is 23.8 Å². The maximum Gasteiger partial charge on any atom is 0.251 e. The molecular weight excluding hydrogens is 474 g/mol. The number of nitrogen functional groups attached to an aromatic ring is 1. The maximum atomic E-state index is 12.9. The summed E-state index contributed by atoms with van der Waals surface area (Å²) < 4.78 is 2.91. The van der Waals surface area contributed by atoms with E-state index in [0.717, 1.165) is 34.3 Å². The fraction of sp³-hybridized carbons (Fsp3) is 0.200. The summed E-state index contributed by atoms with van der Waals surface area (Å²) in [6, 6.07) is 15.0. The normalized spacial score (nSPS) is 14.2. The lowest BCUT2D eigenvalue weighted by Gasteiger charge is -2.35. The predicted molar refractivity (Wildman–Crippen MR) is 138 cm³/mol. The molecule has 0 aliphatic carbocycles. The average molecular weight is 496 g/mol. The Kier molecular flexibility index (Phi) is 5.42. The van der Waals surface area contributed by atoms with Gasteiger partial charge in [-0.1, -0.05) is 0 Å². The molecular formula is C25H21N9OS. The number of piperidine rings is 1. The summed E-state index contributed by atoms with van der Waals surface area (Å²) in [5, 5.41) is 14.8. The van der Waals surface area contributed by atoms with Gasteiger partial charge in [-0.2, -0.15) is 5.26 Å². The number of pyridine rings is 2. The van der Waals surface area contributed by atoms with Crippen LogP contribution in [0.1, 0.15) is 28.2 Å². The Labute approximate surface area is 210 Å². The zero-order chi connectivity index (χ0) is 24.6. The van der Waals surface area contributed by atoms with Crippen LogP contribution >= 0.6 is 11.3 Å². The third-order valence-electron chi connectivity index (χ3n) is 6.31. The second-order valence-corrected chi connectivity index (χ2v) is 9.57. The number of amides is 1. The molecule has 178 valence electrons. The van der Waals surface area contributed by atoms with Crippen molar-refractivity contribution in [1.29, 1.82) is 5.26 Å². The highest BCUT2D eigenvalue weighted by atomic mass is 32.1. The van der Waals surface area contributed by atoms with Crippen molar-refractivity contribution in [2.24, 2.45) is 0 Å². The van der Waals surface area contributed by atoms with Crippen LogP contribution in [0.15, 0.2) is 54.9 Å². The molecule has 6 rings (SSSR count). The van der Waals surface area contributed by atoms with Gasteiger partial charge in [-0.25, -0.2) is 24.6 Å². The van der Waals surface area contributed by atoms with Crippen molar-refractivity contribution >= 4 is 44.4 Å². The molecule has 11 heteroatoms. The van der Waals surface area contributed by atoms with E-state index in [4.69, 9.17) is 16.0 Å². The summed E-state index contributed by atoms with van der Waals surface area (Å²) in [6.07, 6.45) is 4.94. The van der Waals surface area contributed by atoms with Crippen LogP contribution in [0, 0.1) is 11.3 Å². The zero-order valence-electron chi connectivity index (χ0n) is 19.1. The largest absolute Gasteiger partial charge is 0.383 e. The Balaban J connectivity index is 1.21. The van der Waals surface area contributed by atoms with E-state index >= 15 is 0 Å². The van der Waals surface area contributed by atoms with E-state index in [1.807, 2.05) is 35.0 Å². The Morgan fingerprint density at radius 3 is 2.69 bits per heavy atom. The molecule has 36 heavy (non-hydrogen) atoms. The first-order valence-corrected chi connectivity index (χ1v) is 12.3. The number of nitriles is 1. The van der Waals surface area contributed by atoms with Crippen LogP contribution in [0.25, 0.3) is 32.8 Å². The fourth-order valence-electron chi connectivity index (χ4n) is 4.54. The highest BCUT2D eigenvalue weighted by Gasteiger charge is 2.26. The topological polar surface area (TPSA) is 139 Å². The van der Waals surface area contributed by atoms with Crippen molar-refractivity contribution in [3.63, 3.8) is 0 Å². The Morgan fingerprint density at radius 2 is 1.89 bits per heavy atom. The number of carbonyl (C=O) groups excluding carboxylic acids is 1. The number of anilines is 1. The van der Waals surface area contributed by atoms with Gasteiger partial charge in [-0.3, -0.25) is 4.79 Å². The van der Waals surface area contributed by atoms with Crippen molar-refractivity contribution in [2.45, 2.75) is 18.9 Å². The van der Waals surface area contributed by atoms with E-state index in [-0.39, 0.29) is 11.9 Å². The van der Waals surface area contributed by atoms with Gasteiger partial charge in [0, 0.05) is 37.1 Å². The summed E-state index contributed by atoms with van der Waals surface area (Å²) in [4.78, 5) is 30.8. The monoisotopic (exact) mass is 495 g/mol. The quantitative estimate of drug-likeness (QED) is 0.388. The summed E-state index contributed by atoms with van der Waals surface area (Å²) in [5.74, 6) is 0.973. The second kappa shape index (κ2) is 8.90. The smallest absolute Gasteiger partial charge is 0.251 e. The van der Waals surface area contributed by atoms with Gasteiger partial charge in [0.1, 0.15) is 17.4 Å². The summed E-state index contributed by atoms with van der Waals surface area (Å²) in [7, 11) is 0. The molecule has 1 aromatic carbocycles.